The van der Waals surface area contributed by atoms with Gasteiger partial charge in [-0.2, -0.15) is 0 Å². The van der Waals surface area contributed by atoms with Crippen LogP contribution in [0.3, 0.4) is 0 Å². The van der Waals surface area contributed by atoms with Gasteiger partial charge in [-0.1, -0.05) is 75.6 Å². The van der Waals surface area contributed by atoms with Crippen LogP contribution in [0.2, 0.25) is 0 Å². The Morgan fingerprint density at radius 3 is 2.23 bits per heavy atom. The molecular formula is C35H41F2NO2. The second kappa shape index (κ2) is 14.2. The van der Waals surface area contributed by atoms with Crippen molar-refractivity contribution < 1.29 is 18.3 Å². The number of hydrogen-bond acceptors (Lipinski definition) is 2. The van der Waals surface area contributed by atoms with Gasteiger partial charge in [0.05, 0.1) is 6.54 Å². The summed E-state index contributed by atoms with van der Waals surface area (Å²) in [5.74, 6) is 0.737. The van der Waals surface area contributed by atoms with Gasteiger partial charge in [0, 0.05) is 24.2 Å². The van der Waals surface area contributed by atoms with Crippen LogP contribution in [0.5, 0.6) is 5.75 Å². The predicted octanol–water partition coefficient (Wildman–Crippen LogP) is 9.18. The second-order valence-electron chi connectivity index (χ2n) is 11.0. The zero-order chi connectivity index (χ0) is 28.5. The van der Waals surface area contributed by atoms with Crippen molar-refractivity contribution in [3.63, 3.8) is 0 Å². The van der Waals surface area contributed by atoms with Crippen LogP contribution in [0.25, 0.3) is 22.3 Å². The SMILES string of the molecule is C=CC(=O)N(C)CCOc1ccc(-c2ccc(-c3ccc(C4CCC(CCCCC)CC4)cc3)c(F)c2)c(F)c1. The van der Waals surface area contributed by atoms with Crippen LogP contribution in [0.15, 0.2) is 73.3 Å². The Labute approximate surface area is 237 Å². The highest BCUT2D eigenvalue weighted by molar-refractivity contribution is 5.86. The Morgan fingerprint density at radius 1 is 0.925 bits per heavy atom. The molecule has 1 amide bonds. The predicted molar refractivity (Wildman–Crippen MR) is 159 cm³/mol. The zero-order valence-electron chi connectivity index (χ0n) is 23.8. The summed E-state index contributed by atoms with van der Waals surface area (Å²) in [5, 5.41) is 0. The lowest BCUT2D eigenvalue weighted by atomic mass is 9.77. The minimum atomic E-state index is -0.496. The number of ether oxygens (including phenoxy) is 1. The van der Waals surface area contributed by atoms with Gasteiger partial charge in [-0.15, -0.1) is 0 Å². The molecule has 0 unspecified atom stereocenters. The molecule has 1 fully saturated rings. The molecule has 5 heteroatoms. The molecule has 3 aromatic carbocycles. The van der Waals surface area contributed by atoms with Crippen molar-refractivity contribution in [2.24, 2.45) is 5.92 Å². The van der Waals surface area contributed by atoms with E-state index < -0.39 is 5.82 Å². The molecule has 0 saturated heterocycles. The maximum absolute atomic E-state index is 15.2. The molecule has 0 atom stereocenters. The molecule has 0 heterocycles. The van der Waals surface area contributed by atoms with Gasteiger partial charge in [0.15, 0.2) is 0 Å². The molecule has 0 aliphatic heterocycles. The van der Waals surface area contributed by atoms with E-state index in [-0.39, 0.29) is 18.3 Å². The number of benzene rings is 3. The highest BCUT2D eigenvalue weighted by Gasteiger charge is 2.22. The van der Waals surface area contributed by atoms with Crippen LogP contribution >= 0.6 is 0 Å². The number of likely N-dealkylation sites (N-methyl/N-ethyl adjacent to an activating group) is 1. The van der Waals surface area contributed by atoms with Gasteiger partial charge >= 0.3 is 0 Å². The summed E-state index contributed by atoms with van der Waals surface area (Å²) in [5.41, 5.74) is 3.45. The topological polar surface area (TPSA) is 29.5 Å². The average Bonchev–Trinajstić information content (AvgIpc) is 2.97. The fourth-order valence-electron chi connectivity index (χ4n) is 5.71. The lowest BCUT2D eigenvalue weighted by Gasteiger charge is -2.29. The number of amides is 1. The average molecular weight is 546 g/mol. The summed E-state index contributed by atoms with van der Waals surface area (Å²) < 4.78 is 35.7. The smallest absolute Gasteiger partial charge is 0.245 e. The standard InChI is InChI=1S/C35H41F2NO2/c1-4-6-7-8-25-9-11-26(12-10-25)27-13-15-28(16-14-27)31-19-17-29(23-33(31)36)32-20-18-30(24-34(32)37)40-22-21-38(3)35(39)5-2/h5,13-20,23-26H,2,4,6-12,21-22H2,1,3H3. The maximum atomic E-state index is 15.2. The largest absolute Gasteiger partial charge is 0.492 e. The molecule has 1 saturated carbocycles. The maximum Gasteiger partial charge on any atom is 0.245 e. The van der Waals surface area contributed by atoms with E-state index in [9.17, 15) is 9.18 Å². The van der Waals surface area contributed by atoms with Crippen LogP contribution in [-0.4, -0.2) is 31.0 Å². The molecule has 0 aromatic heterocycles. The van der Waals surface area contributed by atoms with Gasteiger partial charge in [-0.25, -0.2) is 8.78 Å². The lowest BCUT2D eigenvalue weighted by Crippen LogP contribution is -2.29. The minimum absolute atomic E-state index is 0.207. The number of rotatable bonds is 12. The van der Waals surface area contributed by atoms with Gasteiger partial charge in [0.25, 0.3) is 0 Å². The monoisotopic (exact) mass is 545 g/mol. The van der Waals surface area contributed by atoms with Gasteiger partial charge in [-0.3, -0.25) is 4.79 Å². The number of carbonyl (C=O) groups excluding carboxylic acids is 1. The summed E-state index contributed by atoms with van der Waals surface area (Å²) in [6, 6.07) is 17.7. The van der Waals surface area contributed by atoms with E-state index in [0.717, 1.165) is 11.5 Å². The van der Waals surface area contributed by atoms with Gasteiger partial charge in [0.2, 0.25) is 5.91 Å². The fourth-order valence-corrected chi connectivity index (χ4v) is 5.71. The van der Waals surface area contributed by atoms with Crippen LogP contribution < -0.4 is 4.74 Å². The second-order valence-corrected chi connectivity index (χ2v) is 11.0. The van der Waals surface area contributed by atoms with Crippen molar-refractivity contribution in [3.05, 3.63) is 90.5 Å². The van der Waals surface area contributed by atoms with Crippen molar-refractivity contribution in [2.75, 3.05) is 20.2 Å². The molecule has 0 bridgehead atoms. The van der Waals surface area contributed by atoms with E-state index in [1.807, 2.05) is 12.1 Å². The van der Waals surface area contributed by atoms with Gasteiger partial charge in [-0.05, 0) is 78.5 Å². The first kappa shape index (κ1) is 29.5. The summed E-state index contributed by atoms with van der Waals surface area (Å²) >= 11 is 0. The van der Waals surface area contributed by atoms with Gasteiger partial charge < -0.3 is 9.64 Å². The van der Waals surface area contributed by atoms with Crippen LogP contribution in [0, 0.1) is 17.6 Å². The molecule has 40 heavy (non-hydrogen) atoms. The molecule has 3 nitrogen and oxygen atoms in total. The van der Waals surface area contributed by atoms with E-state index >= 15 is 4.39 Å². The highest BCUT2D eigenvalue weighted by atomic mass is 19.1. The van der Waals surface area contributed by atoms with Crippen molar-refractivity contribution in [2.45, 2.75) is 64.2 Å². The van der Waals surface area contributed by atoms with E-state index in [0.29, 0.717) is 34.9 Å². The van der Waals surface area contributed by atoms with E-state index in [4.69, 9.17) is 4.74 Å². The van der Waals surface area contributed by atoms with Crippen LogP contribution in [0.1, 0.15) is 69.8 Å². The Morgan fingerprint density at radius 2 is 1.57 bits per heavy atom. The Balaban J connectivity index is 1.36. The Kier molecular flexibility index (Phi) is 10.5. The van der Waals surface area contributed by atoms with Crippen molar-refractivity contribution >= 4 is 5.91 Å². The third kappa shape index (κ3) is 7.59. The zero-order valence-corrected chi connectivity index (χ0v) is 23.8. The van der Waals surface area contributed by atoms with Crippen molar-refractivity contribution in [3.8, 4) is 28.0 Å². The quantitative estimate of drug-likeness (QED) is 0.168. The number of unbranched alkanes of at least 4 members (excludes halogenated alkanes) is 2. The normalized spacial score (nSPS) is 16.9. The molecule has 1 aliphatic rings. The third-order valence-electron chi connectivity index (χ3n) is 8.22. The van der Waals surface area contributed by atoms with Gasteiger partial charge in [0.1, 0.15) is 24.0 Å². The summed E-state index contributed by atoms with van der Waals surface area (Å²) in [4.78, 5) is 13.0. The number of halogens is 2. The molecular weight excluding hydrogens is 504 g/mol. The summed E-state index contributed by atoms with van der Waals surface area (Å²) in [7, 11) is 1.64. The summed E-state index contributed by atoms with van der Waals surface area (Å²) in [6.07, 6.45) is 11.7. The minimum Gasteiger partial charge on any atom is -0.492 e. The highest BCUT2D eigenvalue weighted by Crippen LogP contribution is 2.38. The van der Waals surface area contributed by atoms with Crippen LogP contribution in [0.4, 0.5) is 8.78 Å². The number of carbonyl (C=O) groups is 1. The molecule has 0 N–H and O–H groups in total. The first-order valence-electron chi connectivity index (χ1n) is 14.6. The lowest BCUT2D eigenvalue weighted by molar-refractivity contribution is -0.125. The number of hydrogen-bond donors (Lipinski definition) is 0. The molecule has 0 spiro atoms. The number of nitrogens with zero attached hydrogens (tertiary/aromatic N) is 1. The molecule has 4 rings (SSSR count). The molecule has 212 valence electrons. The first-order chi connectivity index (χ1) is 19.4. The van der Waals surface area contributed by atoms with Crippen molar-refractivity contribution in [1.29, 1.82) is 0 Å². The molecule has 3 aromatic rings. The van der Waals surface area contributed by atoms with Crippen molar-refractivity contribution in [1.82, 2.24) is 4.90 Å². The Bertz CT molecular complexity index is 1280. The Hall–Kier alpha value is -3.47. The molecule has 0 radical (unpaired) electrons. The third-order valence-corrected chi connectivity index (χ3v) is 8.22. The molecule has 1 aliphatic carbocycles. The van der Waals surface area contributed by atoms with E-state index in [1.54, 1.807) is 31.3 Å². The fraction of sp³-hybridized carbons (Fsp3) is 0.400. The van der Waals surface area contributed by atoms with E-state index in [1.165, 1.54) is 80.0 Å². The first-order valence-corrected chi connectivity index (χ1v) is 14.6. The summed E-state index contributed by atoms with van der Waals surface area (Å²) in [6.45, 7) is 6.28. The van der Waals surface area contributed by atoms with Crippen LogP contribution in [-0.2, 0) is 4.79 Å². The van der Waals surface area contributed by atoms with E-state index in [2.05, 4.69) is 25.6 Å².